The topological polar surface area (TPSA) is 44.1 Å². The molecular formula is C16H19BrN2O2. The molecule has 2 rings (SSSR count). The van der Waals surface area contributed by atoms with Crippen molar-refractivity contribution >= 4 is 21.7 Å². The van der Waals surface area contributed by atoms with Crippen LogP contribution in [0.3, 0.4) is 0 Å². The number of aryl methyl sites for hydroxylation is 3. The van der Waals surface area contributed by atoms with E-state index in [2.05, 4.69) is 21.0 Å². The lowest BCUT2D eigenvalue weighted by Crippen LogP contribution is -2.11. The third-order valence-corrected chi connectivity index (χ3v) is 4.47. The molecule has 1 aromatic heterocycles. The van der Waals surface area contributed by atoms with Crippen LogP contribution in [-0.4, -0.2) is 22.7 Å². The van der Waals surface area contributed by atoms with Gasteiger partial charge in [-0.25, -0.2) is 0 Å². The fourth-order valence-electron chi connectivity index (χ4n) is 2.32. The highest BCUT2D eigenvalue weighted by atomic mass is 79.9. The molecule has 0 amide bonds. The Morgan fingerprint density at radius 1 is 1.38 bits per heavy atom. The Morgan fingerprint density at radius 3 is 2.71 bits per heavy atom. The maximum absolute atomic E-state index is 12.6. The van der Waals surface area contributed by atoms with Gasteiger partial charge in [-0.15, -0.1) is 0 Å². The van der Waals surface area contributed by atoms with Crippen molar-refractivity contribution in [2.24, 2.45) is 0 Å². The Kier molecular flexibility index (Phi) is 4.83. The number of ketones is 1. The minimum atomic E-state index is 0.0332. The number of carbonyl (C=O) groups excluding carboxylic acids is 1. The van der Waals surface area contributed by atoms with Gasteiger partial charge in [0.2, 0.25) is 0 Å². The maximum atomic E-state index is 12.6. The molecule has 0 radical (unpaired) electrons. The second-order valence-electron chi connectivity index (χ2n) is 4.97. The number of ether oxygens (including phenoxy) is 1. The standard InChI is InChI=1S/C16H19BrN2O2/c1-5-19-13(16(17)11(3)18-19)9-14(20)12-8-10(2)6-7-15(12)21-4/h6-8H,5,9H2,1-4H3. The summed E-state index contributed by atoms with van der Waals surface area (Å²) in [6, 6.07) is 5.64. The molecular weight excluding hydrogens is 332 g/mol. The first-order valence-corrected chi connectivity index (χ1v) is 7.66. The first-order chi connectivity index (χ1) is 9.97. The molecule has 0 saturated carbocycles. The SMILES string of the molecule is CCn1nc(C)c(Br)c1CC(=O)c1cc(C)ccc1OC. The van der Waals surface area contributed by atoms with Gasteiger partial charge in [-0.05, 0) is 48.8 Å². The third kappa shape index (κ3) is 3.18. The lowest BCUT2D eigenvalue weighted by atomic mass is 10.0. The molecule has 0 spiro atoms. The molecule has 0 aliphatic carbocycles. The maximum Gasteiger partial charge on any atom is 0.172 e. The average Bonchev–Trinajstić information content (AvgIpc) is 2.74. The summed E-state index contributed by atoms with van der Waals surface area (Å²) in [7, 11) is 1.58. The van der Waals surface area contributed by atoms with E-state index in [0.29, 0.717) is 17.7 Å². The molecule has 5 heteroatoms. The molecule has 2 aromatic rings. The van der Waals surface area contributed by atoms with Gasteiger partial charge in [0.1, 0.15) is 5.75 Å². The lowest BCUT2D eigenvalue weighted by molar-refractivity contribution is 0.0987. The lowest BCUT2D eigenvalue weighted by Gasteiger charge is -2.10. The Labute approximate surface area is 133 Å². The summed E-state index contributed by atoms with van der Waals surface area (Å²) in [6.45, 7) is 6.64. The van der Waals surface area contributed by atoms with Gasteiger partial charge in [-0.1, -0.05) is 11.6 Å². The van der Waals surface area contributed by atoms with Gasteiger partial charge in [-0.2, -0.15) is 5.10 Å². The van der Waals surface area contributed by atoms with Crippen molar-refractivity contribution in [3.05, 3.63) is 45.2 Å². The number of benzene rings is 1. The van der Waals surface area contributed by atoms with Gasteiger partial charge in [0.05, 0.1) is 35.0 Å². The number of nitrogens with zero attached hydrogens (tertiary/aromatic N) is 2. The Bertz CT molecular complexity index is 677. The predicted molar refractivity (Wildman–Crippen MR) is 86.1 cm³/mol. The van der Waals surface area contributed by atoms with E-state index in [9.17, 15) is 4.79 Å². The quantitative estimate of drug-likeness (QED) is 0.772. The van der Waals surface area contributed by atoms with Crippen LogP contribution in [0.15, 0.2) is 22.7 Å². The Hall–Kier alpha value is -1.62. The number of rotatable bonds is 5. The third-order valence-electron chi connectivity index (χ3n) is 3.44. The summed E-state index contributed by atoms with van der Waals surface area (Å²) in [6.07, 6.45) is 0.301. The zero-order valence-electron chi connectivity index (χ0n) is 12.7. The van der Waals surface area contributed by atoms with E-state index < -0.39 is 0 Å². The minimum absolute atomic E-state index is 0.0332. The minimum Gasteiger partial charge on any atom is -0.496 e. The summed E-state index contributed by atoms with van der Waals surface area (Å²) in [5.41, 5.74) is 3.46. The molecule has 4 nitrogen and oxygen atoms in total. The second-order valence-corrected chi connectivity index (χ2v) is 5.76. The Morgan fingerprint density at radius 2 is 2.10 bits per heavy atom. The molecule has 112 valence electrons. The normalized spacial score (nSPS) is 10.7. The van der Waals surface area contributed by atoms with Crippen molar-refractivity contribution < 1.29 is 9.53 Å². The van der Waals surface area contributed by atoms with E-state index in [1.807, 2.05) is 43.7 Å². The van der Waals surface area contributed by atoms with Crippen molar-refractivity contribution in [1.29, 1.82) is 0 Å². The van der Waals surface area contributed by atoms with E-state index in [4.69, 9.17) is 4.74 Å². The molecule has 0 unspecified atom stereocenters. The highest BCUT2D eigenvalue weighted by Crippen LogP contribution is 2.25. The van der Waals surface area contributed by atoms with Crippen LogP contribution in [0.4, 0.5) is 0 Å². The smallest absolute Gasteiger partial charge is 0.172 e. The van der Waals surface area contributed by atoms with Crippen molar-refractivity contribution in [3.8, 4) is 5.75 Å². The van der Waals surface area contributed by atoms with Crippen molar-refractivity contribution in [2.75, 3.05) is 7.11 Å². The molecule has 0 aliphatic rings. The van der Waals surface area contributed by atoms with Crippen LogP contribution in [0.2, 0.25) is 0 Å². The highest BCUT2D eigenvalue weighted by molar-refractivity contribution is 9.10. The number of hydrogen-bond donors (Lipinski definition) is 0. The molecule has 1 aromatic carbocycles. The predicted octanol–water partition coefficient (Wildman–Crippen LogP) is 3.72. The molecule has 0 N–H and O–H groups in total. The van der Waals surface area contributed by atoms with Gasteiger partial charge in [0, 0.05) is 6.54 Å². The van der Waals surface area contributed by atoms with Gasteiger partial charge in [-0.3, -0.25) is 9.48 Å². The first kappa shape index (κ1) is 15.8. The van der Waals surface area contributed by atoms with Crippen LogP contribution in [0, 0.1) is 13.8 Å². The molecule has 0 atom stereocenters. The fraction of sp³-hybridized carbons (Fsp3) is 0.375. The van der Waals surface area contributed by atoms with Crippen LogP contribution in [0.5, 0.6) is 5.75 Å². The van der Waals surface area contributed by atoms with E-state index >= 15 is 0 Å². The molecule has 21 heavy (non-hydrogen) atoms. The van der Waals surface area contributed by atoms with Crippen LogP contribution >= 0.6 is 15.9 Å². The molecule has 1 heterocycles. The van der Waals surface area contributed by atoms with Crippen LogP contribution in [0.25, 0.3) is 0 Å². The number of hydrogen-bond acceptors (Lipinski definition) is 3. The molecule has 0 saturated heterocycles. The highest BCUT2D eigenvalue weighted by Gasteiger charge is 2.19. The monoisotopic (exact) mass is 350 g/mol. The molecule has 0 bridgehead atoms. The van der Waals surface area contributed by atoms with Gasteiger partial charge in [0.15, 0.2) is 5.78 Å². The summed E-state index contributed by atoms with van der Waals surface area (Å²) in [5.74, 6) is 0.645. The van der Waals surface area contributed by atoms with E-state index in [-0.39, 0.29) is 5.78 Å². The van der Waals surface area contributed by atoms with Crippen molar-refractivity contribution in [3.63, 3.8) is 0 Å². The second kappa shape index (κ2) is 6.43. The first-order valence-electron chi connectivity index (χ1n) is 6.87. The van der Waals surface area contributed by atoms with Crippen LogP contribution in [-0.2, 0) is 13.0 Å². The van der Waals surface area contributed by atoms with E-state index in [0.717, 1.165) is 28.0 Å². The van der Waals surface area contributed by atoms with E-state index in [1.165, 1.54) is 0 Å². The number of Topliss-reactive ketones (excluding diaryl/α,β-unsaturated/α-hetero) is 1. The Balaban J connectivity index is 2.37. The number of carbonyl (C=O) groups is 1. The van der Waals surface area contributed by atoms with Crippen LogP contribution < -0.4 is 4.74 Å². The number of methoxy groups -OCH3 is 1. The van der Waals surface area contributed by atoms with Crippen molar-refractivity contribution in [2.45, 2.75) is 33.7 Å². The summed E-state index contributed by atoms with van der Waals surface area (Å²) < 4.78 is 8.06. The van der Waals surface area contributed by atoms with Gasteiger partial charge in [0.25, 0.3) is 0 Å². The zero-order valence-corrected chi connectivity index (χ0v) is 14.3. The zero-order chi connectivity index (χ0) is 15.6. The fourth-order valence-corrected chi connectivity index (χ4v) is 2.75. The average molecular weight is 351 g/mol. The summed E-state index contributed by atoms with van der Waals surface area (Å²) >= 11 is 3.53. The number of halogens is 1. The summed E-state index contributed by atoms with van der Waals surface area (Å²) in [5, 5.41) is 4.42. The van der Waals surface area contributed by atoms with Crippen molar-refractivity contribution in [1.82, 2.24) is 9.78 Å². The van der Waals surface area contributed by atoms with Gasteiger partial charge >= 0.3 is 0 Å². The largest absolute Gasteiger partial charge is 0.496 e. The summed E-state index contributed by atoms with van der Waals surface area (Å²) in [4.78, 5) is 12.6. The van der Waals surface area contributed by atoms with Crippen LogP contribution in [0.1, 0.15) is 34.2 Å². The molecule has 0 fully saturated rings. The van der Waals surface area contributed by atoms with E-state index in [1.54, 1.807) is 7.11 Å². The number of aromatic nitrogens is 2. The molecule has 0 aliphatic heterocycles. The van der Waals surface area contributed by atoms with Gasteiger partial charge < -0.3 is 4.74 Å².